The Morgan fingerprint density at radius 1 is 1.14 bits per heavy atom. The predicted molar refractivity (Wildman–Crippen MR) is 110 cm³/mol. The monoisotopic (exact) mass is 417 g/mol. The number of piperidine rings is 1. The number of halogens is 1. The summed E-state index contributed by atoms with van der Waals surface area (Å²) in [6, 6.07) is 7.55. The molecule has 1 N–H and O–H groups in total. The average Bonchev–Trinajstić information content (AvgIpc) is 3.45. The van der Waals surface area contributed by atoms with Gasteiger partial charge in [0.1, 0.15) is 0 Å². The van der Waals surface area contributed by atoms with Crippen LogP contribution in [0.4, 0.5) is 0 Å². The van der Waals surface area contributed by atoms with Crippen LogP contribution in [0.5, 0.6) is 0 Å². The van der Waals surface area contributed by atoms with Gasteiger partial charge in [0.05, 0.1) is 12.0 Å². The molecule has 3 amide bonds. The van der Waals surface area contributed by atoms with Crippen LogP contribution in [0.25, 0.3) is 0 Å². The SMILES string of the molecule is O=C1CCCN1CC(=O)N1CCCC(CNC(=O)C2(c3ccc(Cl)cc3)CC2)C1. The van der Waals surface area contributed by atoms with Gasteiger partial charge in [0.15, 0.2) is 0 Å². The first kappa shape index (κ1) is 20.2. The lowest BCUT2D eigenvalue weighted by Crippen LogP contribution is -2.48. The molecule has 1 aliphatic carbocycles. The van der Waals surface area contributed by atoms with E-state index in [1.807, 2.05) is 29.2 Å². The molecule has 3 aliphatic rings. The number of nitrogens with zero attached hydrogens (tertiary/aromatic N) is 2. The summed E-state index contributed by atoms with van der Waals surface area (Å²) in [6.07, 6.45) is 5.05. The molecular formula is C22H28ClN3O3. The van der Waals surface area contributed by atoms with E-state index in [0.717, 1.165) is 44.2 Å². The van der Waals surface area contributed by atoms with Crippen LogP contribution in [-0.4, -0.2) is 60.2 Å². The fourth-order valence-electron chi connectivity index (χ4n) is 4.54. The van der Waals surface area contributed by atoms with Crippen molar-refractivity contribution in [1.82, 2.24) is 15.1 Å². The minimum Gasteiger partial charge on any atom is -0.355 e. The molecule has 1 saturated carbocycles. The van der Waals surface area contributed by atoms with Crippen molar-refractivity contribution in [2.75, 3.05) is 32.7 Å². The van der Waals surface area contributed by atoms with Crippen molar-refractivity contribution in [2.45, 2.75) is 43.9 Å². The van der Waals surface area contributed by atoms with Gasteiger partial charge in [-0.05, 0) is 55.7 Å². The Morgan fingerprint density at radius 2 is 1.90 bits per heavy atom. The molecule has 2 aliphatic heterocycles. The van der Waals surface area contributed by atoms with Crippen LogP contribution in [-0.2, 0) is 19.8 Å². The predicted octanol–water partition coefficient (Wildman–Crippen LogP) is 2.35. The smallest absolute Gasteiger partial charge is 0.242 e. The molecular weight excluding hydrogens is 390 g/mol. The van der Waals surface area contributed by atoms with Gasteiger partial charge in [-0.3, -0.25) is 14.4 Å². The second kappa shape index (κ2) is 8.34. The first-order valence-electron chi connectivity index (χ1n) is 10.6. The number of rotatable bonds is 6. The maximum atomic E-state index is 12.9. The summed E-state index contributed by atoms with van der Waals surface area (Å²) < 4.78 is 0. The lowest BCUT2D eigenvalue weighted by atomic mass is 9.93. The third-order valence-corrected chi connectivity index (χ3v) is 6.75. The number of hydrogen-bond acceptors (Lipinski definition) is 3. The highest BCUT2D eigenvalue weighted by atomic mass is 35.5. The molecule has 29 heavy (non-hydrogen) atoms. The Morgan fingerprint density at radius 3 is 2.55 bits per heavy atom. The Hall–Kier alpha value is -2.08. The van der Waals surface area contributed by atoms with E-state index in [9.17, 15) is 14.4 Å². The van der Waals surface area contributed by atoms with E-state index in [4.69, 9.17) is 11.6 Å². The van der Waals surface area contributed by atoms with Crippen LogP contribution in [0.1, 0.15) is 44.1 Å². The minimum absolute atomic E-state index is 0.0242. The standard InChI is InChI=1S/C22H28ClN3O3/c23-18-7-5-17(6-8-18)22(9-10-22)21(29)24-13-16-3-1-11-25(14-16)20(28)15-26-12-2-4-19(26)27/h5-8,16H,1-4,9-15H2,(H,24,29). The van der Waals surface area contributed by atoms with Crippen LogP contribution < -0.4 is 5.32 Å². The number of likely N-dealkylation sites (tertiary alicyclic amines) is 2. The van der Waals surface area contributed by atoms with E-state index in [0.29, 0.717) is 31.1 Å². The van der Waals surface area contributed by atoms with E-state index >= 15 is 0 Å². The zero-order valence-electron chi connectivity index (χ0n) is 16.7. The molecule has 0 aromatic heterocycles. The summed E-state index contributed by atoms with van der Waals surface area (Å²) >= 11 is 5.97. The van der Waals surface area contributed by atoms with Crippen molar-refractivity contribution >= 4 is 29.3 Å². The first-order chi connectivity index (χ1) is 14.0. The third kappa shape index (κ3) is 4.42. The molecule has 1 aromatic rings. The fourth-order valence-corrected chi connectivity index (χ4v) is 4.67. The maximum absolute atomic E-state index is 12.9. The third-order valence-electron chi connectivity index (χ3n) is 6.50. The molecule has 0 bridgehead atoms. The summed E-state index contributed by atoms with van der Waals surface area (Å²) in [5.74, 6) is 0.435. The Balaban J connectivity index is 1.28. The lowest BCUT2D eigenvalue weighted by Gasteiger charge is -2.34. The van der Waals surface area contributed by atoms with E-state index < -0.39 is 5.41 Å². The maximum Gasteiger partial charge on any atom is 0.242 e. The van der Waals surface area contributed by atoms with Gasteiger partial charge in [-0.2, -0.15) is 0 Å². The Bertz CT molecular complexity index is 791. The van der Waals surface area contributed by atoms with Crippen LogP contribution in [0, 0.1) is 5.92 Å². The van der Waals surface area contributed by atoms with Gasteiger partial charge >= 0.3 is 0 Å². The molecule has 0 radical (unpaired) electrons. The number of amides is 3. The van der Waals surface area contributed by atoms with E-state index in [2.05, 4.69) is 5.32 Å². The molecule has 2 saturated heterocycles. The van der Waals surface area contributed by atoms with Crippen LogP contribution in [0.3, 0.4) is 0 Å². The molecule has 7 heteroatoms. The molecule has 3 fully saturated rings. The van der Waals surface area contributed by atoms with Gasteiger partial charge in [-0.15, -0.1) is 0 Å². The highest BCUT2D eigenvalue weighted by Gasteiger charge is 2.51. The summed E-state index contributed by atoms with van der Waals surface area (Å²) in [5, 5.41) is 3.81. The van der Waals surface area contributed by atoms with Gasteiger partial charge in [0.25, 0.3) is 0 Å². The number of carbonyl (C=O) groups is 3. The zero-order chi connectivity index (χ0) is 20.4. The number of hydrogen-bond donors (Lipinski definition) is 1. The molecule has 1 unspecified atom stereocenters. The number of nitrogens with one attached hydrogen (secondary N) is 1. The van der Waals surface area contributed by atoms with Gasteiger partial charge < -0.3 is 15.1 Å². The van der Waals surface area contributed by atoms with Crippen LogP contribution >= 0.6 is 11.6 Å². The van der Waals surface area contributed by atoms with Crippen molar-refractivity contribution in [1.29, 1.82) is 0 Å². The van der Waals surface area contributed by atoms with E-state index in [1.54, 1.807) is 4.90 Å². The normalized spacial score (nSPS) is 23.2. The van der Waals surface area contributed by atoms with Crippen molar-refractivity contribution in [3.05, 3.63) is 34.9 Å². The minimum atomic E-state index is -0.412. The molecule has 2 heterocycles. The van der Waals surface area contributed by atoms with Gasteiger partial charge in [-0.25, -0.2) is 0 Å². The van der Waals surface area contributed by atoms with Crippen LogP contribution in [0.2, 0.25) is 5.02 Å². The summed E-state index contributed by atoms with van der Waals surface area (Å²) in [4.78, 5) is 40.8. The fraction of sp³-hybridized carbons (Fsp3) is 0.591. The molecule has 0 spiro atoms. The molecule has 1 atom stereocenters. The van der Waals surface area contributed by atoms with Crippen molar-refractivity contribution in [2.24, 2.45) is 5.92 Å². The highest BCUT2D eigenvalue weighted by molar-refractivity contribution is 6.30. The molecule has 1 aromatic carbocycles. The quantitative estimate of drug-likeness (QED) is 0.772. The van der Waals surface area contributed by atoms with Gasteiger partial charge in [-0.1, -0.05) is 23.7 Å². The topological polar surface area (TPSA) is 69.7 Å². The number of carbonyl (C=O) groups excluding carboxylic acids is 3. The van der Waals surface area contributed by atoms with Gasteiger partial charge in [0.2, 0.25) is 17.7 Å². The summed E-state index contributed by atoms with van der Waals surface area (Å²) in [5.41, 5.74) is 0.611. The van der Waals surface area contributed by atoms with Crippen LogP contribution in [0.15, 0.2) is 24.3 Å². The Kier molecular flexibility index (Phi) is 5.81. The number of benzene rings is 1. The zero-order valence-corrected chi connectivity index (χ0v) is 17.4. The Labute approximate surface area is 176 Å². The average molecular weight is 418 g/mol. The summed E-state index contributed by atoms with van der Waals surface area (Å²) in [7, 11) is 0. The molecule has 156 valence electrons. The second-order valence-corrected chi connectivity index (χ2v) is 9.00. The van der Waals surface area contributed by atoms with Crippen molar-refractivity contribution in [3.8, 4) is 0 Å². The largest absolute Gasteiger partial charge is 0.355 e. The molecule has 6 nitrogen and oxygen atoms in total. The van der Waals surface area contributed by atoms with E-state index in [1.165, 1.54) is 0 Å². The highest BCUT2D eigenvalue weighted by Crippen LogP contribution is 2.48. The lowest BCUT2D eigenvalue weighted by molar-refractivity contribution is -0.139. The summed E-state index contributed by atoms with van der Waals surface area (Å²) in [6.45, 7) is 2.85. The first-order valence-corrected chi connectivity index (χ1v) is 11.0. The van der Waals surface area contributed by atoms with Crippen molar-refractivity contribution in [3.63, 3.8) is 0 Å². The van der Waals surface area contributed by atoms with Crippen molar-refractivity contribution < 1.29 is 14.4 Å². The van der Waals surface area contributed by atoms with E-state index in [-0.39, 0.29) is 30.2 Å². The van der Waals surface area contributed by atoms with Gasteiger partial charge in [0, 0.05) is 37.6 Å². The second-order valence-electron chi connectivity index (χ2n) is 8.57. The molecule has 4 rings (SSSR count).